The Balaban J connectivity index is 1.74. The van der Waals surface area contributed by atoms with E-state index < -0.39 is 18.4 Å². The molecule has 7 heteroatoms. The van der Waals surface area contributed by atoms with Crippen LogP contribution in [0, 0.1) is 18.8 Å². The summed E-state index contributed by atoms with van der Waals surface area (Å²) in [4.78, 5) is 26.4. The third-order valence-electron chi connectivity index (χ3n) is 4.86. The van der Waals surface area contributed by atoms with Gasteiger partial charge in [-0.1, -0.05) is 6.07 Å². The number of hydrogen-bond acceptors (Lipinski definition) is 4. The maximum atomic E-state index is 12.7. The molecule has 0 unspecified atom stereocenters. The Kier molecular flexibility index (Phi) is 3.16. The van der Waals surface area contributed by atoms with E-state index in [4.69, 9.17) is 4.74 Å². The molecule has 2 amide bonds. The van der Waals surface area contributed by atoms with Crippen molar-refractivity contribution in [2.75, 3.05) is 4.90 Å². The van der Waals surface area contributed by atoms with Gasteiger partial charge in [0.1, 0.15) is 0 Å². The molecule has 0 aliphatic carbocycles. The molecule has 0 radical (unpaired) electrons. The van der Waals surface area contributed by atoms with Crippen LogP contribution in [0.25, 0.3) is 0 Å². The first-order valence-corrected chi connectivity index (χ1v) is 7.56. The largest absolute Gasteiger partial charge is 0.433 e. The number of aryl methyl sites for hydroxylation is 1. The Bertz CT molecular complexity index is 665. The van der Waals surface area contributed by atoms with E-state index in [0.717, 1.165) is 17.7 Å². The van der Waals surface area contributed by atoms with E-state index in [-0.39, 0.29) is 35.5 Å². The minimum Gasteiger partial charge on any atom is -0.433 e. The van der Waals surface area contributed by atoms with Crippen LogP contribution in [0.1, 0.15) is 18.4 Å². The molecule has 23 heavy (non-hydrogen) atoms. The molecule has 3 aliphatic heterocycles. The fourth-order valence-electron chi connectivity index (χ4n) is 3.95. The van der Waals surface area contributed by atoms with Gasteiger partial charge in [-0.3, -0.25) is 9.59 Å². The second kappa shape index (κ2) is 4.99. The highest BCUT2D eigenvalue weighted by molar-refractivity contribution is 6.23. The van der Waals surface area contributed by atoms with Crippen molar-refractivity contribution in [1.82, 2.24) is 0 Å². The number of ether oxygens (including phenoxy) is 2. The molecule has 1 aromatic carbocycles. The van der Waals surface area contributed by atoms with Crippen molar-refractivity contribution < 1.29 is 27.8 Å². The zero-order valence-electron chi connectivity index (χ0n) is 12.4. The van der Waals surface area contributed by atoms with Crippen LogP contribution < -0.4 is 9.64 Å². The molecule has 3 fully saturated rings. The molecule has 2 bridgehead atoms. The molecule has 0 N–H and O–H groups in total. The van der Waals surface area contributed by atoms with E-state index in [1.54, 1.807) is 13.0 Å². The van der Waals surface area contributed by atoms with Gasteiger partial charge in [-0.05, 0) is 37.5 Å². The van der Waals surface area contributed by atoms with Gasteiger partial charge in [0.05, 0.1) is 29.7 Å². The normalized spacial score (nSPS) is 32.1. The molecule has 0 saturated carbocycles. The summed E-state index contributed by atoms with van der Waals surface area (Å²) in [5.74, 6) is -1.91. The number of imide groups is 1. The average molecular weight is 323 g/mol. The van der Waals surface area contributed by atoms with E-state index >= 15 is 0 Å². The number of hydrogen-bond donors (Lipinski definition) is 0. The van der Waals surface area contributed by atoms with Gasteiger partial charge in [-0.2, -0.15) is 8.78 Å². The van der Waals surface area contributed by atoms with Crippen molar-refractivity contribution in [3.8, 4) is 5.75 Å². The van der Waals surface area contributed by atoms with Gasteiger partial charge in [0.25, 0.3) is 0 Å². The average Bonchev–Trinajstić information content (AvgIpc) is 3.14. The smallest absolute Gasteiger partial charge is 0.387 e. The van der Waals surface area contributed by atoms with Crippen LogP contribution in [-0.2, 0) is 14.3 Å². The molecule has 1 aromatic rings. The molecule has 3 saturated heterocycles. The van der Waals surface area contributed by atoms with Crippen LogP contribution in [0.2, 0.25) is 0 Å². The van der Waals surface area contributed by atoms with Gasteiger partial charge in [-0.15, -0.1) is 0 Å². The number of fused-ring (bicyclic) bond motifs is 5. The molecule has 4 rings (SSSR count). The summed E-state index contributed by atoms with van der Waals surface area (Å²) in [6, 6.07) is 4.54. The van der Waals surface area contributed by atoms with E-state index in [1.165, 1.54) is 12.1 Å². The van der Waals surface area contributed by atoms with E-state index in [2.05, 4.69) is 4.74 Å². The van der Waals surface area contributed by atoms with Crippen LogP contribution in [-0.4, -0.2) is 30.6 Å². The highest BCUT2D eigenvalue weighted by atomic mass is 19.3. The lowest BCUT2D eigenvalue weighted by molar-refractivity contribution is -0.125. The summed E-state index contributed by atoms with van der Waals surface area (Å²) in [5, 5.41) is 0. The number of rotatable bonds is 3. The van der Waals surface area contributed by atoms with E-state index in [0.29, 0.717) is 5.56 Å². The second-order valence-corrected chi connectivity index (χ2v) is 6.20. The van der Waals surface area contributed by atoms with E-state index in [1.807, 2.05) is 0 Å². The lowest BCUT2D eigenvalue weighted by Gasteiger charge is -2.20. The van der Waals surface area contributed by atoms with Crippen molar-refractivity contribution in [2.24, 2.45) is 11.8 Å². The SMILES string of the molecule is Cc1ccc(N2C(=O)[C@H]3[C@H](C2=O)[C@H]2CC[C@H]3O2)c(OC(F)F)c1. The number of anilines is 1. The number of carbonyl (C=O) groups is 2. The molecular formula is C16H15F2NO4. The highest BCUT2D eigenvalue weighted by Crippen LogP contribution is 2.50. The summed E-state index contributed by atoms with van der Waals surface area (Å²) < 4.78 is 35.5. The van der Waals surface area contributed by atoms with Gasteiger partial charge in [-0.25, -0.2) is 4.90 Å². The third-order valence-corrected chi connectivity index (χ3v) is 4.86. The molecule has 122 valence electrons. The maximum absolute atomic E-state index is 12.7. The number of alkyl halides is 2. The minimum absolute atomic E-state index is 0.0831. The summed E-state index contributed by atoms with van der Waals surface area (Å²) in [6.07, 6.45) is 1.03. The standard InChI is InChI=1S/C16H15F2NO4/c1-7-2-3-8(11(6-7)23-16(17)18)19-14(20)12-9-4-5-10(22-9)13(12)15(19)21/h2-3,6,9-10,12-13,16H,4-5H2,1H3/t9-,10-,12-,13-/m1/s1. The van der Waals surface area contributed by atoms with Crippen LogP contribution in [0.3, 0.4) is 0 Å². The predicted octanol–water partition coefficient (Wildman–Crippen LogP) is 2.26. The first kappa shape index (κ1) is 14.6. The summed E-state index contributed by atoms with van der Waals surface area (Å²) in [7, 11) is 0. The molecule has 4 atom stereocenters. The van der Waals surface area contributed by atoms with Crippen molar-refractivity contribution >= 4 is 17.5 Å². The first-order valence-electron chi connectivity index (χ1n) is 7.56. The Morgan fingerprint density at radius 2 is 1.78 bits per heavy atom. The van der Waals surface area contributed by atoms with Crippen LogP contribution in [0.15, 0.2) is 18.2 Å². The zero-order chi connectivity index (χ0) is 16.3. The van der Waals surface area contributed by atoms with Crippen molar-refractivity contribution in [2.45, 2.75) is 38.6 Å². The number of nitrogens with zero attached hydrogens (tertiary/aromatic N) is 1. The number of halogens is 2. The van der Waals surface area contributed by atoms with Gasteiger partial charge in [0.2, 0.25) is 11.8 Å². The Morgan fingerprint density at radius 1 is 1.17 bits per heavy atom. The van der Waals surface area contributed by atoms with Crippen molar-refractivity contribution in [3.05, 3.63) is 23.8 Å². The fraction of sp³-hybridized carbons (Fsp3) is 0.500. The van der Waals surface area contributed by atoms with E-state index in [9.17, 15) is 18.4 Å². The van der Waals surface area contributed by atoms with Gasteiger partial charge >= 0.3 is 6.61 Å². The quantitative estimate of drug-likeness (QED) is 0.801. The monoisotopic (exact) mass is 323 g/mol. The Hall–Kier alpha value is -2.02. The fourth-order valence-corrected chi connectivity index (χ4v) is 3.95. The topological polar surface area (TPSA) is 55.8 Å². The Morgan fingerprint density at radius 3 is 2.35 bits per heavy atom. The van der Waals surface area contributed by atoms with Gasteiger partial charge in [0, 0.05) is 0 Å². The van der Waals surface area contributed by atoms with Crippen LogP contribution in [0.4, 0.5) is 14.5 Å². The molecule has 0 spiro atoms. The Labute approximate surface area is 131 Å². The molecule has 0 aromatic heterocycles. The molecule has 3 heterocycles. The summed E-state index contributed by atoms with van der Waals surface area (Å²) in [6.45, 7) is -1.30. The third kappa shape index (κ3) is 2.06. The van der Waals surface area contributed by atoms with Gasteiger partial charge < -0.3 is 9.47 Å². The molecular weight excluding hydrogens is 308 g/mol. The van der Waals surface area contributed by atoms with Crippen molar-refractivity contribution in [3.63, 3.8) is 0 Å². The number of carbonyl (C=O) groups excluding carboxylic acids is 2. The lowest BCUT2D eigenvalue weighted by atomic mass is 9.81. The lowest BCUT2D eigenvalue weighted by Crippen LogP contribution is -2.34. The van der Waals surface area contributed by atoms with Crippen molar-refractivity contribution in [1.29, 1.82) is 0 Å². The number of amides is 2. The first-order chi connectivity index (χ1) is 11.0. The minimum atomic E-state index is -3.03. The highest BCUT2D eigenvalue weighted by Gasteiger charge is 2.62. The van der Waals surface area contributed by atoms with Crippen LogP contribution >= 0.6 is 0 Å². The summed E-state index contributed by atoms with van der Waals surface area (Å²) >= 11 is 0. The number of benzene rings is 1. The van der Waals surface area contributed by atoms with Crippen LogP contribution in [0.5, 0.6) is 5.75 Å². The maximum Gasteiger partial charge on any atom is 0.387 e. The van der Waals surface area contributed by atoms with Gasteiger partial charge in [0.15, 0.2) is 5.75 Å². The summed E-state index contributed by atoms with van der Waals surface area (Å²) in [5.41, 5.74) is 0.784. The molecule has 3 aliphatic rings. The molecule has 5 nitrogen and oxygen atoms in total. The zero-order valence-corrected chi connectivity index (χ0v) is 12.4. The predicted molar refractivity (Wildman–Crippen MR) is 75.2 cm³/mol. The second-order valence-electron chi connectivity index (χ2n) is 6.20.